The maximum Gasteiger partial charge on any atom is 0.294 e. The lowest BCUT2D eigenvalue weighted by Gasteiger charge is -2.39. The van der Waals surface area contributed by atoms with Crippen LogP contribution < -0.4 is 4.90 Å². The fraction of sp³-hybridized carbons (Fsp3) is 0.588. The van der Waals surface area contributed by atoms with E-state index in [2.05, 4.69) is 6.92 Å². The third kappa shape index (κ3) is 3.20. The molecule has 0 atom stereocenters. The van der Waals surface area contributed by atoms with E-state index in [-0.39, 0.29) is 17.0 Å². The molecular weight excluding hydrogens is 330 g/mol. The molecule has 6 nitrogen and oxygen atoms in total. The lowest BCUT2D eigenvalue weighted by Crippen LogP contribution is -2.52. The fourth-order valence-electron chi connectivity index (χ4n) is 3.81. The van der Waals surface area contributed by atoms with Crippen LogP contribution in [0.3, 0.4) is 0 Å². The molecular formula is C17H22ClN3O3. The lowest BCUT2D eigenvalue weighted by molar-refractivity contribution is -0.384. The normalized spacial score (nSPS) is 20.2. The van der Waals surface area contributed by atoms with Gasteiger partial charge in [-0.25, -0.2) is 0 Å². The summed E-state index contributed by atoms with van der Waals surface area (Å²) in [6, 6.07) is 4.74. The molecule has 0 radical (unpaired) electrons. The monoisotopic (exact) mass is 351 g/mol. The zero-order chi connectivity index (χ0) is 17.3. The number of piperazine rings is 1. The molecule has 2 fully saturated rings. The summed E-state index contributed by atoms with van der Waals surface area (Å²) in [4.78, 5) is 27.5. The van der Waals surface area contributed by atoms with E-state index in [1.54, 1.807) is 12.1 Å². The van der Waals surface area contributed by atoms with Crippen molar-refractivity contribution in [3.63, 3.8) is 0 Å². The van der Waals surface area contributed by atoms with Crippen LogP contribution in [-0.4, -0.2) is 41.9 Å². The Balaban J connectivity index is 1.69. The summed E-state index contributed by atoms with van der Waals surface area (Å²) in [7, 11) is 0. The number of nitro benzene ring substituents is 1. The van der Waals surface area contributed by atoms with Crippen molar-refractivity contribution in [2.75, 3.05) is 31.1 Å². The van der Waals surface area contributed by atoms with E-state index in [0.717, 1.165) is 25.7 Å². The van der Waals surface area contributed by atoms with E-state index < -0.39 is 4.92 Å². The van der Waals surface area contributed by atoms with Crippen LogP contribution in [0.4, 0.5) is 11.4 Å². The highest BCUT2D eigenvalue weighted by molar-refractivity contribution is 6.30. The number of nitrogens with zero attached hydrogens (tertiary/aromatic N) is 3. The molecule has 1 heterocycles. The van der Waals surface area contributed by atoms with Gasteiger partial charge in [0.15, 0.2) is 0 Å². The number of amides is 1. The maximum absolute atomic E-state index is 12.8. The molecule has 2 aliphatic rings. The molecule has 0 bridgehead atoms. The number of benzene rings is 1. The third-order valence-corrected chi connectivity index (χ3v) is 5.50. The summed E-state index contributed by atoms with van der Waals surface area (Å²) in [5, 5.41) is 11.6. The molecule has 1 aromatic carbocycles. The van der Waals surface area contributed by atoms with Crippen LogP contribution in [0, 0.1) is 15.5 Å². The first-order valence-electron chi connectivity index (χ1n) is 8.39. The number of hydrogen-bond donors (Lipinski definition) is 0. The molecule has 1 saturated carbocycles. The highest BCUT2D eigenvalue weighted by Crippen LogP contribution is 2.39. The second-order valence-electron chi connectivity index (χ2n) is 6.94. The molecule has 24 heavy (non-hydrogen) atoms. The molecule has 7 heteroatoms. The van der Waals surface area contributed by atoms with Gasteiger partial charge in [-0.3, -0.25) is 14.9 Å². The van der Waals surface area contributed by atoms with E-state index in [1.807, 2.05) is 9.80 Å². The van der Waals surface area contributed by atoms with Gasteiger partial charge < -0.3 is 9.80 Å². The second-order valence-corrected chi connectivity index (χ2v) is 7.37. The molecule has 3 rings (SSSR count). The first-order chi connectivity index (χ1) is 11.4. The van der Waals surface area contributed by atoms with Gasteiger partial charge in [0.25, 0.3) is 5.69 Å². The van der Waals surface area contributed by atoms with Gasteiger partial charge in [-0.05, 0) is 25.0 Å². The number of anilines is 1. The van der Waals surface area contributed by atoms with Crippen LogP contribution in [0.2, 0.25) is 5.02 Å². The largest absolute Gasteiger partial charge is 0.362 e. The predicted molar refractivity (Wildman–Crippen MR) is 93.5 cm³/mol. The number of carbonyl (C=O) groups is 1. The summed E-state index contributed by atoms with van der Waals surface area (Å²) < 4.78 is 0. The number of nitro groups is 1. The highest BCUT2D eigenvalue weighted by atomic mass is 35.5. The van der Waals surface area contributed by atoms with Crippen molar-refractivity contribution >= 4 is 28.9 Å². The average molecular weight is 352 g/mol. The Morgan fingerprint density at radius 2 is 1.83 bits per heavy atom. The number of carbonyl (C=O) groups excluding carboxylic acids is 1. The Labute approximate surface area is 146 Å². The summed E-state index contributed by atoms with van der Waals surface area (Å²) >= 11 is 5.88. The van der Waals surface area contributed by atoms with E-state index in [0.29, 0.717) is 36.9 Å². The molecule has 0 spiro atoms. The van der Waals surface area contributed by atoms with Crippen LogP contribution in [0.1, 0.15) is 32.6 Å². The van der Waals surface area contributed by atoms with Crippen molar-refractivity contribution in [1.82, 2.24) is 4.90 Å². The van der Waals surface area contributed by atoms with E-state index >= 15 is 0 Å². The molecule has 0 aromatic heterocycles. The molecule has 130 valence electrons. The van der Waals surface area contributed by atoms with Gasteiger partial charge in [0.1, 0.15) is 5.69 Å². The zero-order valence-corrected chi connectivity index (χ0v) is 14.6. The highest BCUT2D eigenvalue weighted by Gasteiger charge is 2.40. The first-order valence-corrected chi connectivity index (χ1v) is 8.77. The van der Waals surface area contributed by atoms with Crippen LogP contribution in [0.15, 0.2) is 18.2 Å². The van der Waals surface area contributed by atoms with Gasteiger partial charge in [0, 0.05) is 42.7 Å². The van der Waals surface area contributed by atoms with Crippen molar-refractivity contribution in [2.45, 2.75) is 32.6 Å². The van der Waals surface area contributed by atoms with Crippen molar-refractivity contribution in [1.29, 1.82) is 0 Å². The average Bonchev–Trinajstić information content (AvgIpc) is 3.02. The van der Waals surface area contributed by atoms with Crippen molar-refractivity contribution in [3.8, 4) is 0 Å². The molecule has 1 aliphatic heterocycles. The summed E-state index contributed by atoms with van der Waals surface area (Å²) in [6.45, 7) is 4.48. The van der Waals surface area contributed by atoms with Gasteiger partial charge in [-0.15, -0.1) is 0 Å². The number of hydrogen-bond acceptors (Lipinski definition) is 4. The number of rotatable bonds is 3. The Kier molecular flexibility index (Phi) is 4.67. The third-order valence-electron chi connectivity index (χ3n) is 5.27. The van der Waals surface area contributed by atoms with Crippen molar-refractivity contribution in [3.05, 3.63) is 33.3 Å². The lowest BCUT2D eigenvalue weighted by atomic mass is 9.87. The Morgan fingerprint density at radius 3 is 2.42 bits per heavy atom. The Bertz CT molecular complexity index is 650. The molecule has 0 N–H and O–H groups in total. The maximum atomic E-state index is 12.8. The van der Waals surface area contributed by atoms with E-state index in [9.17, 15) is 14.9 Å². The first kappa shape index (κ1) is 17.0. The van der Waals surface area contributed by atoms with Gasteiger partial charge in [-0.1, -0.05) is 31.4 Å². The molecule has 1 amide bonds. The Morgan fingerprint density at radius 1 is 1.21 bits per heavy atom. The number of halogens is 1. The van der Waals surface area contributed by atoms with Gasteiger partial charge in [0.05, 0.1) is 4.92 Å². The summed E-state index contributed by atoms with van der Waals surface area (Å²) in [6.07, 6.45) is 4.18. The minimum atomic E-state index is -0.404. The molecule has 0 unspecified atom stereocenters. The minimum absolute atomic E-state index is 0.0185. The van der Waals surface area contributed by atoms with E-state index in [1.165, 1.54) is 6.07 Å². The standard InChI is InChI=1S/C17H22ClN3O3/c1-17(6-2-3-7-17)16(22)20-10-8-19(9-11-20)14-5-4-13(18)12-15(14)21(23)24/h4-5,12H,2-3,6-11H2,1H3. The predicted octanol–water partition coefficient (Wildman–Crippen LogP) is 3.48. The van der Waals surface area contributed by atoms with Crippen LogP contribution in [0.5, 0.6) is 0 Å². The molecule has 1 saturated heterocycles. The second kappa shape index (κ2) is 6.59. The van der Waals surface area contributed by atoms with Crippen LogP contribution in [0.25, 0.3) is 0 Å². The Hall–Kier alpha value is -1.82. The zero-order valence-electron chi connectivity index (χ0n) is 13.8. The smallest absolute Gasteiger partial charge is 0.294 e. The van der Waals surface area contributed by atoms with Gasteiger partial charge >= 0.3 is 0 Å². The topological polar surface area (TPSA) is 66.7 Å². The minimum Gasteiger partial charge on any atom is -0.362 e. The quantitative estimate of drug-likeness (QED) is 0.617. The van der Waals surface area contributed by atoms with Crippen LogP contribution >= 0.6 is 11.6 Å². The fourth-order valence-corrected chi connectivity index (χ4v) is 3.98. The van der Waals surface area contributed by atoms with Crippen LogP contribution in [-0.2, 0) is 4.79 Å². The van der Waals surface area contributed by atoms with Crippen molar-refractivity contribution < 1.29 is 9.72 Å². The van der Waals surface area contributed by atoms with Crippen molar-refractivity contribution in [2.24, 2.45) is 5.41 Å². The van der Waals surface area contributed by atoms with Gasteiger partial charge in [-0.2, -0.15) is 0 Å². The molecule has 1 aliphatic carbocycles. The summed E-state index contributed by atoms with van der Waals surface area (Å²) in [5.74, 6) is 0.241. The van der Waals surface area contributed by atoms with E-state index in [4.69, 9.17) is 11.6 Å². The van der Waals surface area contributed by atoms with Gasteiger partial charge in [0.2, 0.25) is 5.91 Å². The summed E-state index contributed by atoms with van der Waals surface area (Å²) in [5.41, 5.74) is 0.377. The molecule has 1 aromatic rings. The SMILES string of the molecule is CC1(C(=O)N2CCN(c3ccc(Cl)cc3[N+](=O)[O-])CC2)CCCC1.